The summed E-state index contributed by atoms with van der Waals surface area (Å²) in [7, 11) is 0. The van der Waals surface area contributed by atoms with Crippen molar-refractivity contribution in [1.29, 1.82) is 0 Å². The van der Waals surface area contributed by atoms with E-state index in [0.717, 1.165) is 0 Å². The first-order valence-corrected chi connectivity index (χ1v) is 6.98. The molecule has 2 rings (SSSR count). The molecule has 0 aliphatic rings. The van der Waals surface area contributed by atoms with Crippen molar-refractivity contribution in [3.63, 3.8) is 0 Å². The summed E-state index contributed by atoms with van der Waals surface area (Å²) in [6.45, 7) is 3.30. The first-order valence-electron chi connectivity index (χ1n) is 6.60. The first-order chi connectivity index (χ1) is 10.4. The summed E-state index contributed by atoms with van der Waals surface area (Å²) < 4.78 is 5.37. The molecule has 0 radical (unpaired) electrons. The number of benzene rings is 2. The number of halogens is 1. The molecule has 22 heavy (non-hydrogen) atoms. The van der Waals surface area contributed by atoms with Gasteiger partial charge >= 0.3 is 5.97 Å². The van der Waals surface area contributed by atoms with E-state index in [1.165, 1.54) is 18.2 Å². The fraction of sp³-hybridized carbons (Fsp3) is 0.188. The van der Waals surface area contributed by atoms with Crippen LogP contribution >= 0.6 is 11.6 Å². The van der Waals surface area contributed by atoms with Gasteiger partial charge in [-0.05, 0) is 32.0 Å². The molecule has 0 saturated carbocycles. The molecule has 0 saturated heterocycles. The number of hydrogen-bond acceptors (Lipinski definition) is 4. The smallest absolute Gasteiger partial charge is 0.338 e. The Morgan fingerprint density at radius 3 is 2.55 bits per heavy atom. The standard InChI is InChI=1S/C16H14ClNO4/c1-10-9-12(7-8-15(10)18(20)21)16(19)22-11(2)13-5-3-4-6-14(13)17/h3-9,11H,1-2H3/t11-/m0/s1. The van der Waals surface area contributed by atoms with E-state index in [1.54, 1.807) is 32.0 Å². The summed E-state index contributed by atoms with van der Waals surface area (Å²) in [6.07, 6.45) is -0.517. The van der Waals surface area contributed by atoms with Crippen LogP contribution in [-0.4, -0.2) is 10.9 Å². The fourth-order valence-corrected chi connectivity index (χ4v) is 2.37. The zero-order chi connectivity index (χ0) is 16.3. The van der Waals surface area contributed by atoms with E-state index >= 15 is 0 Å². The second kappa shape index (κ2) is 6.58. The Labute approximate surface area is 132 Å². The number of nitro groups is 1. The Balaban J connectivity index is 2.17. The fourth-order valence-electron chi connectivity index (χ4n) is 2.08. The van der Waals surface area contributed by atoms with Crippen molar-refractivity contribution in [3.05, 3.63) is 74.3 Å². The molecule has 0 spiro atoms. The minimum absolute atomic E-state index is 0.0318. The van der Waals surface area contributed by atoms with Crippen molar-refractivity contribution in [2.24, 2.45) is 0 Å². The van der Waals surface area contributed by atoms with E-state index in [0.29, 0.717) is 16.1 Å². The lowest BCUT2D eigenvalue weighted by atomic mass is 10.1. The molecule has 0 amide bonds. The van der Waals surface area contributed by atoms with Gasteiger partial charge in [-0.2, -0.15) is 0 Å². The molecule has 6 heteroatoms. The van der Waals surface area contributed by atoms with Gasteiger partial charge in [-0.1, -0.05) is 29.8 Å². The molecule has 0 bridgehead atoms. The van der Waals surface area contributed by atoms with Gasteiger partial charge in [0.1, 0.15) is 6.10 Å². The van der Waals surface area contributed by atoms with Crippen LogP contribution < -0.4 is 0 Å². The van der Waals surface area contributed by atoms with Crippen molar-refractivity contribution in [1.82, 2.24) is 0 Å². The highest BCUT2D eigenvalue weighted by molar-refractivity contribution is 6.31. The third-order valence-corrected chi connectivity index (χ3v) is 3.60. The van der Waals surface area contributed by atoms with Gasteiger partial charge in [0.2, 0.25) is 0 Å². The molecule has 0 aliphatic carbocycles. The average Bonchev–Trinajstić information content (AvgIpc) is 2.46. The van der Waals surface area contributed by atoms with E-state index < -0.39 is 17.0 Å². The van der Waals surface area contributed by atoms with Crippen LogP contribution in [0.25, 0.3) is 0 Å². The number of hydrogen-bond donors (Lipinski definition) is 0. The maximum absolute atomic E-state index is 12.1. The van der Waals surface area contributed by atoms with Crippen molar-refractivity contribution in [2.75, 3.05) is 0 Å². The molecule has 1 atom stereocenters. The minimum Gasteiger partial charge on any atom is -0.454 e. The van der Waals surface area contributed by atoms with Gasteiger partial charge in [-0.3, -0.25) is 10.1 Å². The second-order valence-electron chi connectivity index (χ2n) is 4.83. The van der Waals surface area contributed by atoms with Crippen LogP contribution in [0.4, 0.5) is 5.69 Å². The topological polar surface area (TPSA) is 69.4 Å². The Morgan fingerprint density at radius 2 is 1.95 bits per heavy atom. The van der Waals surface area contributed by atoms with Crippen LogP contribution in [0, 0.1) is 17.0 Å². The summed E-state index contributed by atoms with van der Waals surface area (Å²) in [5.74, 6) is -0.551. The maximum atomic E-state index is 12.1. The van der Waals surface area contributed by atoms with Crippen LogP contribution in [-0.2, 0) is 4.74 Å². The number of carbonyl (C=O) groups excluding carboxylic acids is 1. The third-order valence-electron chi connectivity index (χ3n) is 3.26. The second-order valence-corrected chi connectivity index (χ2v) is 5.23. The Hall–Kier alpha value is -2.40. The number of aryl methyl sites for hydroxylation is 1. The van der Waals surface area contributed by atoms with Crippen molar-refractivity contribution in [2.45, 2.75) is 20.0 Å². The number of nitrogens with zero attached hydrogens (tertiary/aromatic N) is 1. The number of rotatable bonds is 4. The summed E-state index contributed by atoms with van der Waals surface area (Å²) in [4.78, 5) is 22.4. The zero-order valence-corrected chi connectivity index (χ0v) is 12.8. The highest BCUT2D eigenvalue weighted by Crippen LogP contribution is 2.26. The Bertz CT molecular complexity index is 730. The van der Waals surface area contributed by atoms with E-state index in [9.17, 15) is 14.9 Å². The summed E-state index contributed by atoms with van der Waals surface area (Å²) in [5, 5.41) is 11.3. The third kappa shape index (κ3) is 3.43. The van der Waals surface area contributed by atoms with E-state index in [4.69, 9.17) is 16.3 Å². The van der Waals surface area contributed by atoms with Crippen LogP contribution in [0.1, 0.15) is 34.5 Å². The summed E-state index contributed by atoms with van der Waals surface area (Å²) in [5.41, 5.74) is 1.35. The molecule has 0 fully saturated rings. The molecule has 0 aliphatic heterocycles. The van der Waals surface area contributed by atoms with E-state index in [2.05, 4.69) is 0 Å². The highest BCUT2D eigenvalue weighted by atomic mass is 35.5. The predicted molar refractivity (Wildman–Crippen MR) is 83.1 cm³/mol. The lowest BCUT2D eigenvalue weighted by Crippen LogP contribution is -2.10. The normalized spacial score (nSPS) is 11.8. The van der Waals surface area contributed by atoms with Gasteiger partial charge in [0, 0.05) is 22.2 Å². The Kier molecular flexibility index (Phi) is 4.78. The number of esters is 1. The summed E-state index contributed by atoms with van der Waals surface area (Å²) >= 11 is 6.06. The number of nitro benzene ring substituents is 1. The number of ether oxygens (including phenoxy) is 1. The van der Waals surface area contributed by atoms with Crippen LogP contribution in [0.15, 0.2) is 42.5 Å². The molecular weight excluding hydrogens is 306 g/mol. The molecule has 0 aromatic heterocycles. The van der Waals surface area contributed by atoms with Gasteiger partial charge in [0.25, 0.3) is 5.69 Å². The van der Waals surface area contributed by atoms with E-state index in [-0.39, 0.29) is 11.3 Å². The lowest BCUT2D eigenvalue weighted by molar-refractivity contribution is -0.385. The van der Waals surface area contributed by atoms with Gasteiger partial charge < -0.3 is 4.74 Å². The van der Waals surface area contributed by atoms with Gasteiger partial charge in [-0.15, -0.1) is 0 Å². The molecule has 5 nitrogen and oxygen atoms in total. The van der Waals surface area contributed by atoms with Crippen molar-refractivity contribution < 1.29 is 14.5 Å². The van der Waals surface area contributed by atoms with E-state index in [1.807, 2.05) is 6.07 Å². The monoisotopic (exact) mass is 319 g/mol. The maximum Gasteiger partial charge on any atom is 0.338 e. The molecule has 0 N–H and O–H groups in total. The quantitative estimate of drug-likeness (QED) is 0.473. The van der Waals surface area contributed by atoms with Gasteiger partial charge in [0.15, 0.2) is 0 Å². The molecule has 114 valence electrons. The largest absolute Gasteiger partial charge is 0.454 e. The van der Waals surface area contributed by atoms with Crippen molar-refractivity contribution in [3.8, 4) is 0 Å². The lowest BCUT2D eigenvalue weighted by Gasteiger charge is -2.15. The van der Waals surface area contributed by atoms with Crippen molar-refractivity contribution >= 4 is 23.3 Å². The van der Waals surface area contributed by atoms with Crippen LogP contribution in [0.5, 0.6) is 0 Å². The minimum atomic E-state index is -0.551. The molecule has 2 aromatic carbocycles. The first kappa shape index (κ1) is 16.0. The SMILES string of the molecule is Cc1cc(C(=O)O[C@@H](C)c2ccccc2Cl)ccc1[N+](=O)[O-]. The zero-order valence-electron chi connectivity index (χ0n) is 12.1. The van der Waals surface area contributed by atoms with Crippen LogP contribution in [0.2, 0.25) is 5.02 Å². The Morgan fingerprint density at radius 1 is 1.27 bits per heavy atom. The molecule has 2 aromatic rings. The molecular formula is C16H14ClNO4. The average molecular weight is 320 g/mol. The highest BCUT2D eigenvalue weighted by Gasteiger charge is 2.18. The summed E-state index contributed by atoms with van der Waals surface area (Å²) in [6, 6.07) is 11.2. The molecule has 0 unspecified atom stereocenters. The predicted octanol–water partition coefficient (Wildman–Crippen LogP) is 4.47. The van der Waals surface area contributed by atoms with Gasteiger partial charge in [0.05, 0.1) is 10.5 Å². The number of carbonyl (C=O) groups is 1. The van der Waals surface area contributed by atoms with Crippen LogP contribution in [0.3, 0.4) is 0 Å². The van der Waals surface area contributed by atoms with Gasteiger partial charge in [-0.25, -0.2) is 4.79 Å². The molecule has 0 heterocycles.